The van der Waals surface area contributed by atoms with Crippen LogP contribution in [0.15, 0.2) is 65.9 Å². The molecule has 2 heterocycles. The Morgan fingerprint density at radius 1 is 1.09 bits per heavy atom. The number of carbonyl (C=O) groups is 2. The van der Waals surface area contributed by atoms with Gasteiger partial charge in [-0.15, -0.1) is 11.3 Å². The first-order chi connectivity index (χ1) is 16.3. The van der Waals surface area contributed by atoms with Crippen molar-refractivity contribution in [1.29, 1.82) is 0 Å². The molecular formula is C26H27N3O4S. The number of amides is 1. The normalized spacial score (nSPS) is 16.1. The zero-order valence-corrected chi connectivity index (χ0v) is 20.2. The van der Waals surface area contributed by atoms with E-state index in [1.807, 2.05) is 49.3 Å². The summed E-state index contributed by atoms with van der Waals surface area (Å²) in [6.45, 7) is 2.89. The number of phenolic OH excluding ortho intramolecular Hbond substituents is 1. The smallest absolute Gasteiger partial charge is 0.290 e. The Bertz CT molecular complexity index is 1230. The van der Waals surface area contributed by atoms with Crippen LogP contribution < -0.4 is 0 Å². The maximum Gasteiger partial charge on any atom is 0.290 e. The van der Waals surface area contributed by atoms with E-state index in [9.17, 15) is 19.8 Å². The summed E-state index contributed by atoms with van der Waals surface area (Å²) in [5, 5.41) is 21.3. The van der Waals surface area contributed by atoms with Gasteiger partial charge < -0.3 is 20.0 Å². The molecular weight excluding hydrogens is 450 g/mol. The van der Waals surface area contributed by atoms with Crippen LogP contribution in [0, 0.1) is 6.92 Å². The Morgan fingerprint density at radius 2 is 1.76 bits per heavy atom. The second-order valence-corrected chi connectivity index (χ2v) is 9.54. The van der Waals surface area contributed by atoms with Crippen LogP contribution in [-0.4, -0.2) is 63.9 Å². The van der Waals surface area contributed by atoms with Crippen LogP contribution in [0.5, 0.6) is 5.75 Å². The van der Waals surface area contributed by atoms with E-state index in [-0.39, 0.29) is 11.3 Å². The largest absolute Gasteiger partial charge is 0.508 e. The molecule has 1 amide bonds. The van der Waals surface area contributed by atoms with Gasteiger partial charge in [0.25, 0.3) is 5.91 Å². The van der Waals surface area contributed by atoms with E-state index in [1.54, 1.807) is 19.1 Å². The highest BCUT2D eigenvalue weighted by Gasteiger charge is 2.44. The molecule has 1 unspecified atom stereocenters. The lowest BCUT2D eigenvalue weighted by Crippen LogP contribution is -2.33. The van der Waals surface area contributed by atoms with Crippen molar-refractivity contribution < 1.29 is 19.8 Å². The number of thiazole rings is 1. The third kappa shape index (κ3) is 4.60. The zero-order chi connectivity index (χ0) is 24.4. The minimum Gasteiger partial charge on any atom is -0.508 e. The van der Waals surface area contributed by atoms with Gasteiger partial charge in [0.1, 0.15) is 10.8 Å². The average Bonchev–Trinajstić information content (AvgIpc) is 3.32. The highest BCUT2D eigenvalue weighted by Crippen LogP contribution is 2.41. The molecule has 8 heteroatoms. The molecule has 1 aromatic heterocycles. The van der Waals surface area contributed by atoms with Crippen molar-refractivity contribution in [3.8, 4) is 16.3 Å². The quantitative estimate of drug-likeness (QED) is 0.469. The predicted octanol–water partition coefficient (Wildman–Crippen LogP) is 4.35. The molecule has 0 radical (unpaired) electrons. The van der Waals surface area contributed by atoms with Gasteiger partial charge in [-0.3, -0.25) is 9.59 Å². The number of carbonyl (C=O) groups excluding carboxylic acids is 2. The summed E-state index contributed by atoms with van der Waals surface area (Å²) in [4.78, 5) is 35.4. The van der Waals surface area contributed by atoms with Gasteiger partial charge in [-0.2, -0.15) is 0 Å². The number of aryl methyl sites for hydroxylation is 1. The number of hydrogen-bond acceptors (Lipinski definition) is 7. The predicted molar refractivity (Wildman–Crippen MR) is 132 cm³/mol. The van der Waals surface area contributed by atoms with Crippen molar-refractivity contribution in [2.45, 2.75) is 19.4 Å². The number of rotatable bonds is 8. The van der Waals surface area contributed by atoms with E-state index >= 15 is 0 Å². The first kappa shape index (κ1) is 23.7. The Kier molecular flexibility index (Phi) is 6.81. The fourth-order valence-electron chi connectivity index (χ4n) is 4.11. The van der Waals surface area contributed by atoms with E-state index in [0.717, 1.165) is 12.1 Å². The molecule has 7 nitrogen and oxygen atoms in total. The van der Waals surface area contributed by atoms with Crippen LogP contribution >= 0.6 is 11.3 Å². The van der Waals surface area contributed by atoms with Crippen LogP contribution in [0.1, 0.15) is 33.4 Å². The Balaban J connectivity index is 1.73. The van der Waals surface area contributed by atoms with E-state index in [0.29, 0.717) is 34.1 Å². The maximum absolute atomic E-state index is 13.8. The van der Waals surface area contributed by atoms with Crippen molar-refractivity contribution in [2.24, 2.45) is 0 Å². The highest BCUT2D eigenvalue weighted by atomic mass is 32.1. The van der Waals surface area contributed by atoms with E-state index in [1.165, 1.54) is 28.4 Å². The Labute approximate surface area is 202 Å². The summed E-state index contributed by atoms with van der Waals surface area (Å²) in [6.07, 6.45) is 0.680. The van der Waals surface area contributed by atoms with Crippen LogP contribution in [0.3, 0.4) is 0 Å². The topological polar surface area (TPSA) is 94.0 Å². The average molecular weight is 478 g/mol. The van der Waals surface area contributed by atoms with Crippen LogP contribution in [0.25, 0.3) is 10.6 Å². The molecule has 0 saturated carbocycles. The van der Waals surface area contributed by atoms with Gasteiger partial charge in [0.15, 0.2) is 5.76 Å². The number of aliphatic hydroxyl groups is 1. The standard InChI is InChI=1S/C26H27N3O4S/c1-16-24(34-25(27-16)18-8-5-4-6-9-18)22(31)20-21(17-10-12-19(30)13-11-17)29(26(33)23(20)32)15-7-14-28(2)3/h4-6,8-13,21,30,32H,7,14-15H2,1-3H3. The fourth-order valence-corrected chi connectivity index (χ4v) is 5.14. The van der Waals surface area contributed by atoms with Gasteiger partial charge in [0.05, 0.1) is 22.2 Å². The number of hydrogen-bond donors (Lipinski definition) is 2. The molecule has 2 aromatic carbocycles. The molecule has 0 spiro atoms. The van der Waals surface area contributed by atoms with E-state index in [2.05, 4.69) is 4.98 Å². The summed E-state index contributed by atoms with van der Waals surface area (Å²) >= 11 is 1.25. The van der Waals surface area contributed by atoms with Crippen LogP contribution in [0.2, 0.25) is 0 Å². The second kappa shape index (κ2) is 9.79. The number of benzene rings is 2. The van der Waals surface area contributed by atoms with Crippen molar-refractivity contribution in [3.63, 3.8) is 0 Å². The van der Waals surface area contributed by atoms with Gasteiger partial charge in [-0.1, -0.05) is 42.5 Å². The molecule has 1 aliphatic rings. The number of aromatic hydroxyl groups is 1. The summed E-state index contributed by atoms with van der Waals surface area (Å²) in [6, 6.07) is 15.2. The van der Waals surface area contributed by atoms with Crippen molar-refractivity contribution in [3.05, 3.63) is 82.1 Å². The molecule has 0 fully saturated rings. The van der Waals surface area contributed by atoms with Gasteiger partial charge in [-0.05, 0) is 51.7 Å². The Hall–Kier alpha value is -3.49. The number of aromatic nitrogens is 1. The van der Waals surface area contributed by atoms with Gasteiger partial charge in [0.2, 0.25) is 5.78 Å². The molecule has 4 rings (SSSR count). The number of ketones is 1. The SMILES string of the molecule is Cc1nc(-c2ccccc2)sc1C(=O)C1=C(O)C(=O)N(CCCN(C)C)C1c1ccc(O)cc1. The summed E-state index contributed by atoms with van der Waals surface area (Å²) in [7, 11) is 3.90. The van der Waals surface area contributed by atoms with Crippen molar-refractivity contribution >= 4 is 23.0 Å². The molecule has 3 aromatic rings. The fraction of sp³-hybridized carbons (Fsp3) is 0.269. The molecule has 34 heavy (non-hydrogen) atoms. The monoisotopic (exact) mass is 477 g/mol. The lowest BCUT2D eigenvalue weighted by atomic mass is 9.95. The number of Topliss-reactive ketones (excluding diaryl/α,β-unsaturated/α-hetero) is 1. The molecule has 176 valence electrons. The van der Waals surface area contributed by atoms with Crippen molar-refractivity contribution in [1.82, 2.24) is 14.8 Å². The molecule has 1 aliphatic heterocycles. The van der Waals surface area contributed by atoms with Crippen LogP contribution in [-0.2, 0) is 4.79 Å². The van der Waals surface area contributed by atoms with E-state index in [4.69, 9.17) is 0 Å². The molecule has 2 N–H and O–H groups in total. The number of aliphatic hydroxyl groups excluding tert-OH is 1. The van der Waals surface area contributed by atoms with E-state index < -0.39 is 23.5 Å². The first-order valence-corrected chi connectivity index (χ1v) is 11.8. The van der Waals surface area contributed by atoms with Gasteiger partial charge in [-0.25, -0.2) is 4.98 Å². The number of nitrogens with zero attached hydrogens (tertiary/aromatic N) is 3. The lowest BCUT2D eigenvalue weighted by Gasteiger charge is -2.27. The summed E-state index contributed by atoms with van der Waals surface area (Å²) in [5.74, 6) is -1.41. The molecule has 1 atom stereocenters. The molecule has 0 bridgehead atoms. The molecule has 0 aliphatic carbocycles. The number of phenols is 1. The van der Waals surface area contributed by atoms with Gasteiger partial charge >= 0.3 is 0 Å². The lowest BCUT2D eigenvalue weighted by molar-refractivity contribution is -0.129. The van der Waals surface area contributed by atoms with Crippen molar-refractivity contribution in [2.75, 3.05) is 27.2 Å². The zero-order valence-electron chi connectivity index (χ0n) is 19.4. The third-order valence-corrected chi connectivity index (χ3v) is 6.99. The summed E-state index contributed by atoms with van der Waals surface area (Å²) in [5.41, 5.74) is 2.15. The Morgan fingerprint density at radius 3 is 2.41 bits per heavy atom. The maximum atomic E-state index is 13.8. The van der Waals surface area contributed by atoms with Crippen LogP contribution in [0.4, 0.5) is 0 Å². The first-order valence-electron chi connectivity index (χ1n) is 11.0. The summed E-state index contributed by atoms with van der Waals surface area (Å²) < 4.78 is 0. The third-order valence-electron chi connectivity index (χ3n) is 5.79. The van der Waals surface area contributed by atoms with Gasteiger partial charge in [0, 0.05) is 12.1 Å². The second-order valence-electron chi connectivity index (χ2n) is 8.54. The highest BCUT2D eigenvalue weighted by molar-refractivity contribution is 7.17. The minimum atomic E-state index is -0.746. The minimum absolute atomic E-state index is 0.0481. The molecule has 0 saturated heterocycles.